The van der Waals surface area contributed by atoms with Crippen LogP contribution in [-0.2, 0) is 9.53 Å². The van der Waals surface area contributed by atoms with Crippen LogP contribution in [0.4, 0.5) is 0 Å². The van der Waals surface area contributed by atoms with Crippen molar-refractivity contribution >= 4 is 5.91 Å². The lowest BCUT2D eigenvalue weighted by atomic mass is 10.1. The molecule has 0 bridgehead atoms. The molecule has 5 heteroatoms. The van der Waals surface area contributed by atoms with Gasteiger partial charge in [-0.25, -0.2) is 0 Å². The lowest BCUT2D eigenvalue weighted by Crippen LogP contribution is -2.56. The molecule has 1 saturated carbocycles. The van der Waals surface area contributed by atoms with E-state index in [1.165, 1.54) is 25.7 Å². The first-order valence-electron chi connectivity index (χ1n) is 7.51. The number of hydrogen-bond donors (Lipinski definition) is 2. The molecule has 0 spiro atoms. The zero-order chi connectivity index (χ0) is 13.7. The number of rotatable bonds is 5. The monoisotopic (exact) mass is 269 g/mol. The molecule has 1 saturated heterocycles. The van der Waals surface area contributed by atoms with Gasteiger partial charge in [0.1, 0.15) is 6.04 Å². The van der Waals surface area contributed by atoms with Crippen LogP contribution >= 0.6 is 0 Å². The first-order chi connectivity index (χ1) is 9.18. The van der Waals surface area contributed by atoms with Gasteiger partial charge in [0.15, 0.2) is 0 Å². The number of nitrogens with zero attached hydrogens (tertiary/aromatic N) is 1. The Morgan fingerprint density at radius 1 is 1.42 bits per heavy atom. The molecule has 2 fully saturated rings. The number of carbonyl (C=O) groups excluding carboxylic acids is 1. The summed E-state index contributed by atoms with van der Waals surface area (Å²) in [5.74, 6) is 0.0621. The second kappa shape index (κ2) is 7.22. The van der Waals surface area contributed by atoms with Crippen molar-refractivity contribution in [3.63, 3.8) is 0 Å². The lowest BCUT2D eigenvalue weighted by molar-refractivity contribution is -0.128. The summed E-state index contributed by atoms with van der Waals surface area (Å²) in [5.41, 5.74) is 0. The minimum atomic E-state index is -0.203. The summed E-state index contributed by atoms with van der Waals surface area (Å²) in [6.45, 7) is 5.04. The predicted octanol–water partition coefficient (Wildman–Crippen LogP) is 0.354. The van der Waals surface area contributed by atoms with E-state index >= 15 is 0 Å². The van der Waals surface area contributed by atoms with E-state index in [2.05, 4.69) is 22.6 Å². The molecule has 0 unspecified atom stereocenters. The molecule has 1 aliphatic heterocycles. The van der Waals surface area contributed by atoms with E-state index < -0.39 is 0 Å². The third-order valence-electron chi connectivity index (χ3n) is 4.31. The minimum Gasteiger partial charge on any atom is -0.375 e. The molecule has 2 rings (SSSR count). The number of ether oxygens (including phenoxy) is 1. The van der Waals surface area contributed by atoms with Crippen LogP contribution < -0.4 is 10.6 Å². The highest BCUT2D eigenvalue weighted by Crippen LogP contribution is 2.21. The van der Waals surface area contributed by atoms with E-state index in [1.807, 2.05) is 6.92 Å². The molecule has 1 aliphatic carbocycles. The average Bonchev–Trinajstić information content (AvgIpc) is 2.93. The van der Waals surface area contributed by atoms with Crippen LogP contribution in [0.15, 0.2) is 0 Å². The van der Waals surface area contributed by atoms with Crippen molar-refractivity contribution in [2.24, 2.45) is 0 Å². The maximum Gasteiger partial charge on any atom is 0.239 e. The molecule has 0 radical (unpaired) electrons. The standard InChI is InChI=1S/C14H27N3O2/c1-11-13(15-8-10-19-11)14(18)16-7-9-17(2)12-5-3-4-6-12/h11-13,15H,3-10H2,1-2H3,(H,16,18)/t11-,13+/m1/s1. The fourth-order valence-corrected chi connectivity index (χ4v) is 3.02. The molecule has 0 aromatic heterocycles. The second-order valence-electron chi connectivity index (χ2n) is 5.72. The van der Waals surface area contributed by atoms with Gasteiger partial charge < -0.3 is 20.3 Å². The van der Waals surface area contributed by atoms with E-state index in [0.717, 1.165) is 19.6 Å². The molecule has 19 heavy (non-hydrogen) atoms. The number of morpholine rings is 1. The van der Waals surface area contributed by atoms with E-state index in [4.69, 9.17) is 4.74 Å². The van der Waals surface area contributed by atoms with Crippen LogP contribution in [0.3, 0.4) is 0 Å². The Balaban J connectivity index is 1.65. The minimum absolute atomic E-state index is 0.0405. The smallest absolute Gasteiger partial charge is 0.239 e. The van der Waals surface area contributed by atoms with E-state index in [0.29, 0.717) is 12.6 Å². The number of carbonyl (C=O) groups is 1. The highest BCUT2D eigenvalue weighted by molar-refractivity contribution is 5.82. The number of amides is 1. The van der Waals surface area contributed by atoms with Gasteiger partial charge in [-0.05, 0) is 26.8 Å². The molecule has 0 aromatic carbocycles. The summed E-state index contributed by atoms with van der Waals surface area (Å²) >= 11 is 0. The Morgan fingerprint density at radius 2 is 2.16 bits per heavy atom. The molecule has 0 aromatic rings. The summed E-state index contributed by atoms with van der Waals surface area (Å²) < 4.78 is 5.49. The Morgan fingerprint density at radius 3 is 2.84 bits per heavy atom. The van der Waals surface area contributed by atoms with Gasteiger partial charge in [-0.2, -0.15) is 0 Å². The van der Waals surface area contributed by atoms with Crippen molar-refractivity contribution in [3.05, 3.63) is 0 Å². The van der Waals surface area contributed by atoms with Crippen molar-refractivity contribution < 1.29 is 9.53 Å². The van der Waals surface area contributed by atoms with Gasteiger partial charge in [-0.15, -0.1) is 0 Å². The van der Waals surface area contributed by atoms with Crippen molar-refractivity contribution in [2.45, 2.75) is 50.8 Å². The van der Waals surface area contributed by atoms with Gasteiger partial charge in [0.25, 0.3) is 0 Å². The summed E-state index contributed by atoms with van der Waals surface area (Å²) in [6, 6.07) is 0.512. The fraction of sp³-hybridized carbons (Fsp3) is 0.929. The zero-order valence-corrected chi connectivity index (χ0v) is 12.2. The van der Waals surface area contributed by atoms with E-state index in [-0.39, 0.29) is 18.1 Å². The maximum absolute atomic E-state index is 12.0. The maximum atomic E-state index is 12.0. The summed E-state index contributed by atoms with van der Waals surface area (Å²) in [5, 5.41) is 6.23. The Labute approximate surface area is 116 Å². The van der Waals surface area contributed by atoms with Gasteiger partial charge in [-0.1, -0.05) is 12.8 Å². The largest absolute Gasteiger partial charge is 0.375 e. The zero-order valence-electron chi connectivity index (χ0n) is 12.2. The van der Waals surface area contributed by atoms with Crippen molar-refractivity contribution in [1.29, 1.82) is 0 Å². The van der Waals surface area contributed by atoms with Gasteiger partial charge in [0.2, 0.25) is 5.91 Å². The highest BCUT2D eigenvalue weighted by Gasteiger charge is 2.28. The summed E-state index contributed by atoms with van der Waals surface area (Å²) in [4.78, 5) is 14.4. The van der Waals surface area contributed by atoms with Crippen LogP contribution in [0.5, 0.6) is 0 Å². The van der Waals surface area contributed by atoms with Crippen molar-refractivity contribution in [2.75, 3.05) is 33.3 Å². The topological polar surface area (TPSA) is 53.6 Å². The van der Waals surface area contributed by atoms with Crippen LogP contribution in [0, 0.1) is 0 Å². The first-order valence-corrected chi connectivity index (χ1v) is 7.51. The quantitative estimate of drug-likeness (QED) is 0.756. The molecule has 2 N–H and O–H groups in total. The van der Waals surface area contributed by atoms with Gasteiger partial charge in [0, 0.05) is 25.7 Å². The molecule has 110 valence electrons. The van der Waals surface area contributed by atoms with Crippen LogP contribution in [0.2, 0.25) is 0 Å². The highest BCUT2D eigenvalue weighted by atomic mass is 16.5. The molecular formula is C14H27N3O2. The lowest BCUT2D eigenvalue weighted by Gasteiger charge is -2.30. The third kappa shape index (κ3) is 4.16. The van der Waals surface area contributed by atoms with Crippen molar-refractivity contribution in [1.82, 2.24) is 15.5 Å². The van der Waals surface area contributed by atoms with Crippen LogP contribution in [0.25, 0.3) is 0 Å². The summed E-state index contributed by atoms with van der Waals surface area (Å²) in [7, 11) is 2.16. The molecule has 5 nitrogen and oxygen atoms in total. The second-order valence-corrected chi connectivity index (χ2v) is 5.72. The van der Waals surface area contributed by atoms with Crippen molar-refractivity contribution in [3.8, 4) is 0 Å². The van der Waals surface area contributed by atoms with Crippen LogP contribution in [-0.4, -0.2) is 62.3 Å². The first kappa shape index (κ1) is 14.8. The molecule has 1 heterocycles. The molecule has 2 aliphatic rings. The Hall–Kier alpha value is -0.650. The Bertz CT molecular complexity index is 292. The van der Waals surface area contributed by atoms with E-state index in [9.17, 15) is 4.79 Å². The van der Waals surface area contributed by atoms with Gasteiger partial charge in [0.05, 0.1) is 12.7 Å². The SMILES string of the molecule is C[C@H]1OCCN[C@@H]1C(=O)NCCN(C)C1CCCC1. The third-order valence-corrected chi connectivity index (χ3v) is 4.31. The average molecular weight is 269 g/mol. The number of likely N-dealkylation sites (N-methyl/N-ethyl adjacent to an activating group) is 1. The predicted molar refractivity (Wildman–Crippen MR) is 75.1 cm³/mol. The fourth-order valence-electron chi connectivity index (χ4n) is 3.02. The summed E-state index contributed by atoms with van der Waals surface area (Å²) in [6.07, 6.45) is 5.27. The van der Waals surface area contributed by atoms with Gasteiger partial charge in [-0.3, -0.25) is 4.79 Å². The van der Waals surface area contributed by atoms with Gasteiger partial charge >= 0.3 is 0 Å². The Kier molecular flexibility index (Phi) is 5.60. The van der Waals surface area contributed by atoms with Crippen LogP contribution in [0.1, 0.15) is 32.6 Å². The number of nitrogens with one attached hydrogen (secondary N) is 2. The molecular weight excluding hydrogens is 242 g/mol. The normalized spacial score (nSPS) is 28.8. The molecule has 2 atom stereocenters. The molecule has 1 amide bonds. The van der Waals surface area contributed by atoms with E-state index in [1.54, 1.807) is 0 Å². The number of hydrogen-bond acceptors (Lipinski definition) is 4.